The number of hydrazone groups is 1. The molecular weight excluding hydrogens is 442 g/mol. The highest BCUT2D eigenvalue weighted by Gasteiger charge is 2.13. The van der Waals surface area contributed by atoms with Crippen molar-refractivity contribution in [1.29, 1.82) is 0 Å². The molecule has 0 aliphatic carbocycles. The van der Waals surface area contributed by atoms with Gasteiger partial charge in [0.2, 0.25) is 0 Å². The Balaban J connectivity index is 1.89. The molecule has 1 heterocycles. The number of benzene rings is 1. The highest BCUT2D eigenvalue weighted by molar-refractivity contribution is 9.11. The molecule has 1 aromatic carbocycles. The Morgan fingerprint density at radius 3 is 2.67 bits per heavy atom. The van der Waals surface area contributed by atoms with Gasteiger partial charge in [0, 0.05) is 13.1 Å². The molecule has 130 valence electrons. The summed E-state index contributed by atoms with van der Waals surface area (Å²) >= 11 is 6.92. The second-order valence-electron chi connectivity index (χ2n) is 5.10. The van der Waals surface area contributed by atoms with Crippen molar-refractivity contribution in [2.45, 2.75) is 0 Å². The molecular formula is C16H19Br2N3O3. The summed E-state index contributed by atoms with van der Waals surface area (Å²) in [5.74, 6) is 0.556. The van der Waals surface area contributed by atoms with Gasteiger partial charge in [-0.1, -0.05) is 12.7 Å². The van der Waals surface area contributed by atoms with Crippen LogP contribution in [0.2, 0.25) is 0 Å². The van der Waals surface area contributed by atoms with E-state index in [9.17, 15) is 4.79 Å². The van der Waals surface area contributed by atoms with Crippen LogP contribution in [0.5, 0.6) is 5.75 Å². The molecule has 1 aliphatic rings. The lowest BCUT2D eigenvalue weighted by Gasteiger charge is -2.25. The Labute approximate surface area is 158 Å². The quantitative estimate of drug-likeness (QED) is 0.386. The normalized spacial score (nSPS) is 15.4. The lowest BCUT2D eigenvalue weighted by Crippen LogP contribution is -2.42. The van der Waals surface area contributed by atoms with E-state index in [-0.39, 0.29) is 5.91 Å². The molecule has 1 aromatic rings. The lowest BCUT2D eigenvalue weighted by molar-refractivity contribution is -0.123. The molecule has 1 N–H and O–H groups in total. The van der Waals surface area contributed by atoms with Crippen molar-refractivity contribution in [3.05, 3.63) is 39.3 Å². The average molecular weight is 461 g/mol. The topological polar surface area (TPSA) is 63.2 Å². The van der Waals surface area contributed by atoms with E-state index >= 15 is 0 Å². The van der Waals surface area contributed by atoms with Gasteiger partial charge >= 0.3 is 0 Å². The zero-order valence-electron chi connectivity index (χ0n) is 13.1. The first-order valence-corrected chi connectivity index (χ1v) is 9.03. The fourth-order valence-electron chi connectivity index (χ4n) is 2.11. The van der Waals surface area contributed by atoms with Crippen molar-refractivity contribution in [2.24, 2.45) is 5.10 Å². The average Bonchev–Trinajstić information content (AvgIpc) is 2.55. The summed E-state index contributed by atoms with van der Waals surface area (Å²) in [5.41, 5.74) is 3.36. The van der Waals surface area contributed by atoms with Gasteiger partial charge in [0.1, 0.15) is 12.4 Å². The second-order valence-corrected chi connectivity index (χ2v) is 6.80. The third-order valence-corrected chi connectivity index (χ3v) is 4.42. The first-order chi connectivity index (χ1) is 11.6. The van der Waals surface area contributed by atoms with Crippen LogP contribution >= 0.6 is 31.9 Å². The molecule has 1 fully saturated rings. The van der Waals surface area contributed by atoms with Crippen molar-refractivity contribution in [3.63, 3.8) is 0 Å². The monoisotopic (exact) mass is 459 g/mol. The predicted octanol–water partition coefficient (Wildman–Crippen LogP) is 2.56. The predicted molar refractivity (Wildman–Crippen MR) is 101 cm³/mol. The summed E-state index contributed by atoms with van der Waals surface area (Å²) in [4.78, 5) is 13.9. The second kappa shape index (κ2) is 9.93. The third-order valence-electron chi connectivity index (χ3n) is 3.24. The summed E-state index contributed by atoms with van der Waals surface area (Å²) in [7, 11) is 0. The largest absolute Gasteiger partial charge is 0.487 e. The first kappa shape index (κ1) is 19.1. The Kier molecular flexibility index (Phi) is 7.90. The van der Waals surface area contributed by atoms with Gasteiger partial charge in [-0.2, -0.15) is 5.10 Å². The number of hydrogen-bond acceptors (Lipinski definition) is 5. The summed E-state index contributed by atoms with van der Waals surface area (Å²) < 4.78 is 12.4. The SMILES string of the molecule is C=CCOc1c(Br)cc(/C=N/NC(=O)CN2CCOCC2)cc1Br. The van der Waals surface area contributed by atoms with Gasteiger partial charge in [0.25, 0.3) is 5.91 Å². The molecule has 24 heavy (non-hydrogen) atoms. The first-order valence-electron chi connectivity index (χ1n) is 7.45. The summed E-state index contributed by atoms with van der Waals surface area (Å²) in [5, 5.41) is 4.00. The third kappa shape index (κ3) is 6.01. The molecule has 1 amide bonds. The van der Waals surface area contributed by atoms with E-state index in [1.165, 1.54) is 0 Å². The van der Waals surface area contributed by atoms with E-state index < -0.39 is 0 Å². The van der Waals surface area contributed by atoms with Gasteiger partial charge in [-0.15, -0.1) is 0 Å². The van der Waals surface area contributed by atoms with Crippen molar-refractivity contribution in [3.8, 4) is 5.75 Å². The van der Waals surface area contributed by atoms with Crippen LogP contribution in [-0.4, -0.2) is 56.5 Å². The minimum Gasteiger partial charge on any atom is -0.487 e. The van der Waals surface area contributed by atoms with Gasteiger partial charge < -0.3 is 9.47 Å². The molecule has 0 spiro atoms. The minimum absolute atomic E-state index is 0.141. The molecule has 0 saturated carbocycles. The van der Waals surface area contributed by atoms with Crippen LogP contribution in [0.1, 0.15) is 5.56 Å². The molecule has 0 aromatic heterocycles. The van der Waals surface area contributed by atoms with Crippen LogP contribution in [0.4, 0.5) is 0 Å². The highest BCUT2D eigenvalue weighted by atomic mass is 79.9. The maximum Gasteiger partial charge on any atom is 0.254 e. The van der Waals surface area contributed by atoms with Crippen LogP contribution < -0.4 is 10.2 Å². The maximum absolute atomic E-state index is 11.9. The summed E-state index contributed by atoms with van der Waals surface area (Å²) in [6.45, 7) is 7.23. The molecule has 0 radical (unpaired) electrons. The van der Waals surface area contributed by atoms with E-state index in [1.807, 2.05) is 17.0 Å². The number of amides is 1. The number of nitrogens with one attached hydrogen (secondary N) is 1. The summed E-state index contributed by atoms with van der Waals surface area (Å²) in [6.07, 6.45) is 3.27. The number of ether oxygens (including phenoxy) is 2. The highest BCUT2D eigenvalue weighted by Crippen LogP contribution is 2.34. The Bertz CT molecular complexity index is 594. The van der Waals surface area contributed by atoms with Crippen LogP contribution in [0.15, 0.2) is 38.8 Å². The number of halogens is 2. The van der Waals surface area contributed by atoms with Crippen LogP contribution in [0.25, 0.3) is 0 Å². The van der Waals surface area contributed by atoms with E-state index in [0.717, 1.165) is 27.6 Å². The molecule has 8 heteroatoms. The number of rotatable bonds is 7. The number of morpholine rings is 1. The zero-order chi connectivity index (χ0) is 17.4. The Morgan fingerprint density at radius 2 is 2.04 bits per heavy atom. The van der Waals surface area contributed by atoms with Crippen LogP contribution in [-0.2, 0) is 9.53 Å². The van der Waals surface area contributed by atoms with Crippen LogP contribution in [0, 0.1) is 0 Å². The Hall–Kier alpha value is -1.22. The maximum atomic E-state index is 11.9. The zero-order valence-corrected chi connectivity index (χ0v) is 16.3. The van der Waals surface area contributed by atoms with Crippen molar-refractivity contribution < 1.29 is 14.3 Å². The van der Waals surface area contributed by atoms with Gasteiger partial charge in [-0.05, 0) is 49.6 Å². The van der Waals surface area contributed by atoms with E-state index in [2.05, 4.69) is 49.0 Å². The Morgan fingerprint density at radius 1 is 1.38 bits per heavy atom. The van der Waals surface area contributed by atoms with Gasteiger partial charge in [-0.25, -0.2) is 5.43 Å². The molecule has 6 nitrogen and oxygen atoms in total. The van der Waals surface area contributed by atoms with Crippen molar-refractivity contribution in [1.82, 2.24) is 10.3 Å². The fraction of sp³-hybridized carbons (Fsp3) is 0.375. The van der Waals surface area contributed by atoms with E-state index in [1.54, 1.807) is 12.3 Å². The number of hydrogen-bond donors (Lipinski definition) is 1. The standard InChI is InChI=1S/C16H19Br2N3O3/c1-2-5-24-16-13(17)8-12(9-14(16)18)10-19-20-15(22)11-21-3-6-23-7-4-21/h2,8-10H,1,3-7,11H2,(H,20,22)/b19-10+. The minimum atomic E-state index is -0.141. The fourth-order valence-corrected chi connectivity index (χ4v) is 3.56. The molecule has 2 rings (SSSR count). The number of carbonyl (C=O) groups excluding carboxylic acids is 1. The molecule has 0 bridgehead atoms. The van der Waals surface area contributed by atoms with Crippen molar-refractivity contribution >= 4 is 44.0 Å². The van der Waals surface area contributed by atoms with E-state index in [0.29, 0.717) is 32.1 Å². The smallest absolute Gasteiger partial charge is 0.254 e. The molecule has 0 atom stereocenters. The molecule has 0 unspecified atom stereocenters. The molecule has 1 saturated heterocycles. The summed E-state index contributed by atoms with van der Waals surface area (Å²) in [6, 6.07) is 3.72. The van der Waals surface area contributed by atoms with Crippen molar-refractivity contribution in [2.75, 3.05) is 39.5 Å². The number of carbonyl (C=O) groups is 1. The van der Waals surface area contributed by atoms with Gasteiger partial charge in [-0.3, -0.25) is 9.69 Å². The van der Waals surface area contributed by atoms with Gasteiger partial charge in [0.05, 0.1) is 34.9 Å². The molecule has 1 aliphatic heterocycles. The van der Waals surface area contributed by atoms with Crippen LogP contribution in [0.3, 0.4) is 0 Å². The van der Waals surface area contributed by atoms with E-state index in [4.69, 9.17) is 9.47 Å². The number of nitrogens with zero attached hydrogens (tertiary/aromatic N) is 2. The van der Waals surface area contributed by atoms with Gasteiger partial charge in [0.15, 0.2) is 0 Å². The lowest BCUT2D eigenvalue weighted by atomic mass is 10.2.